The Kier molecular flexibility index (Phi) is 6.17. The predicted molar refractivity (Wildman–Crippen MR) is 108 cm³/mol. The highest BCUT2D eigenvalue weighted by atomic mass is 16.2. The second-order valence-electron chi connectivity index (χ2n) is 8.27. The number of imide groups is 1. The minimum absolute atomic E-state index is 0.167. The number of nitrogens with one attached hydrogen (secondary N) is 1. The Labute approximate surface area is 162 Å². The van der Waals surface area contributed by atoms with Gasteiger partial charge in [0.1, 0.15) is 0 Å². The number of hydrogen-bond donors (Lipinski definition) is 2. The van der Waals surface area contributed by atoms with Crippen molar-refractivity contribution in [2.75, 3.05) is 37.6 Å². The SMILES string of the molecule is CC(C)(CCCN)N1CCN(c2ccc(C3CCC(=O)NC3=O)cc2)CC1. The third-order valence-corrected chi connectivity index (χ3v) is 6.03. The lowest BCUT2D eigenvalue weighted by Gasteiger charge is -2.45. The van der Waals surface area contributed by atoms with E-state index in [0.717, 1.165) is 51.1 Å². The highest BCUT2D eigenvalue weighted by Gasteiger charge is 2.30. The molecule has 1 aromatic carbocycles. The van der Waals surface area contributed by atoms with Crippen molar-refractivity contribution in [2.24, 2.45) is 5.73 Å². The number of carbonyl (C=O) groups is 2. The maximum absolute atomic E-state index is 12.0. The van der Waals surface area contributed by atoms with Gasteiger partial charge in [-0.1, -0.05) is 12.1 Å². The highest BCUT2D eigenvalue weighted by molar-refractivity contribution is 6.00. The van der Waals surface area contributed by atoms with Crippen LogP contribution < -0.4 is 16.0 Å². The average Bonchev–Trinajstić information content (AvgIpc) is 2.67. The lowest BCUT2D eigenvalue weighted by molar-refractivity contribution is -0.134. The molecule has 0 spiro atoms. The summed E-state index contributed by atoms with van der Waals surface area (Å²) in [4.78, 5) is 28.3. The van der Waals surface area contributed by atoms with E-state index in [4.69, 9.17) is 5.73 Å². The van der Waals surface area contributed by atoms with Gasteiger partial charge >= 0.3 is 0 Å². The van der Waals surface area contributed by atoms with E-state index in [1.165, 1.54) is 5.69 Å². The van der Waals surface area contributed by atoms with Crippen molar-refractivity contribution in [3.8, 4) is 0 Å². The van der Waals surface area contributed by atoms with Gasteiger partial charge in [0.2, 0.25) is 11.8 Å². The molecule has 1 atom stereocenters. The first-order valence-electron chi connectivity index (χ1n) is 10.0. The number of nitrogens with zero attached hydrogens (tertiary/aromatic N) is 2. The lowest BCUT2D eigenvalue weighted by Crippen LogP contribution is -2.54. The van der Waals surface area contributed by atoms with Crippen LogP contribution >= 0.6 is 0 Å². The maximum atomic E-state index is 12.0. The molecule has 0 aliphatic carbocycles. The maximum Gasteiger partial charge on any atom is 0.234 e. The van der Waals surface area contributed by atoms with E-state index in [-0.39, 0.29) is 23.3 Å². The van der Waals surface area contributed by atoms with Gasteiger partial charge in [0, 0.05) is 43.8 Å². The molecule has 1 unspecified atom stereocenters. The second kappa shape index (κ2) is 8.40. The summed E-state index contributed by atoms with van der Waals surface area (Å²) in [5.74, 6) is -0.551. The summed E-state index contributed by atoms with van der Waals surface area (Å²) in [6, 6.07) is 8.28. The summed E-state index contributed by atoms with van der Waals surface area (Å²) in [6.45, 7) is 9.48. The quantitative estimate of drug-likeness (QED) is 0.745. The number of hydrogen-bond acceptors (Lipinski definition) is 5. The molecule has 2 heterocycles. The van der Waals surface area contributed by atoms with Crippen molar-refractivity contribution in [3.63, 3.8) is 0 Å². The van der Waals surface area contributed by atoms with Crippen molar-refractivity contribution in [1.29, 1.82) is 0 Å². The van der Waals surface area contributed by atoms with Gasteiger partial charge in [-0.05, 0) is 57.4 Å². The molecule has 1 aromatic rings. The molecule has 0 aromatic heterocycles. The topological polar surface area (TPSA) is 78.7 Å². The third-order valence-electron chi connectivity index (χ3n) is 6.03. The fourth-order valence-corrected chi connectivity index (χ4v) is 4.19. The van der Waals surface area contributed by atoms with Crippen LogP contribution in [-0.4, -0.2) is 55.0 Å². The summed E-state index contributed by atoms with van der Waals surface area (Å²) in [6.07, 6.45) is 3.21. The Morgan fingerprint density at radius 1 is 1.11 bits per heavy atom. The van der Waals surface area contributed by atoms with Crippen LogP contribution in [0.4, 0.5) is 5.69 Å². The minimum Gasteiger partial charge on any atom is -0.369 e. The molecule has 0 bridgehead atoms. The first-order chi connectivity index (χ1) is 12.9. The molecule has 2 saturated heterocycles. The van der Waals surface area contributed by atoms with Crippen molar-refractivity contribution >= 4 is 17.5 Å². The number of anilines is 1. The molecule has 2 amide bonds. The number of piperidine rings is 1. The zero-order valence-corrected chi connectivity index (χ0v) is 16.5. The minimum atomic E-state index is -0.211. The Hall–Kier alpha value is -1.92. The molecule has 6 heteroatoms. The largest absolute Gasteiger partial charge is 0.369 e. The average molecular weight is 373 g/mol. The smallest absolute Gasteiger partial charge is 0.234 e. The zero-order valence-electron chi connectivity index (χ0n) is 16.5. The van der Waals surface area contributed by atoms with Gasteiger partial charge in [-0.2, -0.15) is 0 Å². The van der Waals surface area contributed by atoms with E-state index in [9.17, 15) is 9.59 Å². The van der Waals surface area contributed by atoms with Crippen LogP contribution in [0, 0.1) is 0 Å². The molecular formula is C21H32N4O2. The summed E-state index contributed by atoms with van der Waals surface area (Å²) in [5, 5.41) is 2.44. The van der Waals surface area contributed by atoms with Crippen molar-refractivity contribution in [2.45, 2.75) is 51.0 Å². The molecule has 6 nitrogen and oxygen atoms in total. The van der Waals surface area contributed by atoms with Gasteiger partial charge in [0.25, 0.3) is 0 Å². The van der Waals surface area contributed by atoms with Gasteiger partial charge in [0.15, 0.2) is 0 Å². The number of amides is 2. The molecule has 2 fully saturated rings. The third kappa shape index (κ3) is 4.68. The molecule has 3 rings (SSSR count). The van der Waals surface area contributed by atoms with Gasteiger partial charge in [0.05, 0.1) is 5.92 Å². The molecule has 2 aliphatic heterocycles. The van der Waals surface area contributed by atoms with Crippen LogP contribution in [0.2, 0.25) is 0 Å². The van der Waals surface area contributed by atoms with Crippen LogP contribution in [0.15, 0.2) is 24.3 Å². The van der Waals surface area contributed by atoms with E-state index in [1.807, 2.05) is 12.1 Å². The normalized spacial score (nSPS) is 22.0. The first-order valence-corrected chi connectivity index (χ1v) is 10.0. The molecule has 3 N–H and O–H groups in total. The molecule has 0 radical (unpaired) electrons. The summed E-state index contributed by atoms with van der Waals surface area (Å²) < 4.78 is 0. The van der Waals surface area contributed by atoms with E-state index >= 15 is 0 Å². The highest BCUT2D eigenvalue weighted by Crippen LogP contribution is 2.28. The Balaban J connectivity index is 1.57. The van der Waals surface area contributed by atoms with Crippen LogP contribution in [0.1, 0.15) is 51.0 Å². The van der Waals surface area contributed by atoms with Crippen LogP contribution in [0.3, 0.4) is 0 Å². The molecule has 148 valence electrons. The zero-order chi connectivity index (χ0) is 19.4. The van der Waals surface area contributed by atoms with Gasteiger partial charge in [-0.15, -0.1) is 0 Å². The second-order valence-corrected chi connectivity index (χ2v) is 8.27. The van der Waals surface area contributed by atoms with Gasteiger partial charge in [-0.3, -0.25) is 19.8 Å². The monoisotopic (exact) mass is 372 g/mol. The summed E-state index contributed by atoms with van der Waals surface area (Å²) >= 11 is 0. The van der Waals surface area contributed by atoms with E-state index in [1.54, 1.807) is 0 Å². The molecule has 0 saturated carbocycles. The fraction of sp³-hybridized carbons (Fsp3) is 0.619. The Morgan fingerprint density at radius 2 is 1.78 bits per heavy atom. The number of benzene rings is 1. The standard InChI is InChI=1S/C21H32N4O2/c1-21(2,10-3-11-22)25-14-12-24(13-15-25)17-6-4-16(5-7-17)18-8-9-19(26)23-20(18)27/h4-7,18H,3,8-15,22H2,1-2H3,(H,23,26,27). The van der Waals surface area contributed by atoms with Crippen molar-refractivity contribution < 1.29 is 9.59 Å². The number of rotatable bonds is 6. The van der Waals surface area contributed by atoms with Gasteiger partial charge < -0.3 is 10.6 Å². The predicted octanol–water partition coefficient (Wildman–Crippen LogP) is 1.85. The first kappa shape index (κ1) is 19.8. The lowest BCUT2D eigenvalue weighted by atomic mass is 9.90. The number of nitrogens with two attached hydrogens (primary N) is 1. The Bertz CT molecular complexity index is 663. The van der Waals surface area contributed by atoms with Crippen LogP contribution in [0.25, 0.3) is 0 Å². The van der Waals surface area contributed by atoms with Crippen LogP contribution in [-0.2, 0) is 9.59 Å². The number of carbonyl (C=O) groups excluding carboxylic acids is 2. The van der Waals surface area contributed by atoms with E-state index in [0.29, 0.717) is 12.8 Å². The van der Waals surface area contributed by atoms with Crippen molar-refractivity contribution in [3.05, 3.63) is 29.8 Å². The van der Waals surface area contributed by atoms with E-state index < -0.39 is 0 Å². The molecular weight excluding hydrogens is 340 g/mol. The molecule has 2 aliphatic rings. The summed E-state index contributed by atoms with van der Waals surface area (Å²) in [5.41, 5.74) is 8.06. The van der Waals surface area contributed by atoms with E-state index in [2.05, 4.69) is 41.1 Å². The van der Waals surface area contributed by atoms with Crippen LogP contribution in [0.5, 0.6) is 0 Å². The van der Waals surface area contributed by atoms with Gasteiger partial charge in [-0.25, -0.2) is 0 Å². The fourth-order valence-electron chi connectivity index (χ4n) is 4.19. The molecule has 27 heavy (non-hydrogen) atoms. The number of piperazine rings is 1. The summed E-state index contributed by atoms with van der Waals surface area (Å²) in [7, 11) is 0. The van der Waals surface area contributed by atoms with Crippen molar-refractivity contribution in [1.82, 2.24) is 10.2 Å². The Morgan fingerprint density at radius 3 is 2.37 bits per heavy atom.